The van der Waals surface area contributed by atoms with Gasteiger partial charge in [-0.05, 0) is 0 Å². The second kappa shape index (κ2) is 12.7. The van der Waals surface area contributed by atoms with Gasteiger partial charge >= 0.3 is 19.3 Å². The molecule has 1 aliphatic heterocycles. The normalized spacial score (nSPS) is 15.7. The van der Waals surface area contributed by atoms with Crippen LogP contribution in [0.2, 0.25) is 0 Å². The van der Waals surface area contributed by atoms with Crippen molar-refractivity contribution in [3.8, 4) is 0 Å². The van der Waals surface area contributed by atoms with E-state index in [4.69, 9.17) is 37.6 Å². The van der Waals surface area contributed by atoms with Crippen molar-refractivity contribution in [3.63, 3.8) is 0 Å². The Hall–Kier alpha value is -3.10. The monoisotopic (exact) mass is 459 g/mol. The van der Waals surface area contributed by atoms with Crippen LogP contribution in [0.1, 0.15) is 13.8 Å². The van der Waals surface area contributed by atoms with Crippen molar-refractivity contribution in [2.45, 2.75) is 26.2 Å². The van der Waals surface area contributed by atoms with E-state index in [9.17, 15) is 19.2 Å². The molecule has 0 spiro atoms. The molecular formula is C18H26BNO12. The second-order valence-corrected chi connectivity index (χ2v) is 6.06. The lowest BCUT2D eigenvalue weighted by atomic mass is 10.0. The number of esters is 2. The molecule has 0 aromatic heterocycles. The topological polar surface area (TPSA) is 145 Å². The summed E-state index contributed by atoms with van der Waals surface area (Å²) in [5.41, 5.74) is -0.344. The lowest BCUT2D eigenvalue weighted by Gasteiger charge is -2.35. The number of nitrogens with zero attached hydrogens (tertiary/aromatic N) is 1. The number of carbonyl (C=O) groups excluding carboxylic acids is 4. The fourth-order valence-electron chi connectivity index (χ4n) is 2.65. The van der Waals surface area contributed by atoms with Crippen molar-refractivity contribution < 1.29 is 56.8 Å². The molecule has 32 heavy (non-hydrogen) atoms. The highest BCUT2D eigenvalue weighted by atomic mass is 16.8. The second-order valence-electron chi connectivity index (χ2n) is 6.06. The van der Waals surface area contributed by atoms with Gasteiger partial charge < -0.3 is 42.5 Å². The highest BCUT2D eigenvalue weighted by molar-refractivity contribution is 6.41. The fraction of sp³-hybridized carbons (Fsp3) is 0.556. The van der Waals surface area contributed by atoms with Gasteiger partial charge in [0.25, 0.3) is 11.9 Å². The molecule has 1 rings (SSSR count). The van der Waals surface area contributed by atoms with Crippen LogP contribution in [0.5, 0.6) is 0 Å². The molecule has 1 heterocycles. The van der Waals surface area contributed by atoms with Gasteiger partial charge in [-0.1, -0.05) is 0 Å². The first-order valence-electron chi connectivity index (χ1n) is 9.11. The Labute approximate surface area is 185 Å². The number of hydrogen-bond donors (Lipinski definition) is 0. The van der Waals surface area contributed by atoms with Crippen LogP contribution >= 0.6 is 0 Å². The molecule has 13 nitrogen and oxygen atoms in total. The van der Waals surface area contributed by atoms with Crippen molar-refractivity contribution in [3.05, 3.63) is 23.2 Å². The highest BCUT2D eigenvalue weighted by Gasteiger charge is 2.44. The average molecular weight is 459 g/mol. The van der Waals surface area contributed by atoms with Gasteiger partial charge in [-0.2, -0.15) is 0 Å². The maximum atomic E-state index is 12.6. The summed E-state index contributed by atoms with van der Waals surface area (Å²) >= 11 is 0. The van der Waals surface area contributed by atoms with E-state index in [1.165, 1.54) is 32.4 Å². The highest BCUT2D eigenvalue weighted by Crippen LogP contribution is 2.31. The molecule has 0 saturated carbocycles. The molecule has 178 valence electrons. The Kier molecular flexibility index (Phi) is 10.7. The smallest absolute Gasteiger partial charge is 0.496 e. The summed E-state index contributed by atoms with van der Waals surface area (Å²) in [5, 5.41) is 0. The van der Waals surface area contributed by atoms with Crippen LogP contribution in [0.3, 0.4) is 0 Å². The van der Waals surface area contributed by atoms with Crippen molar-refractivity contribution in [2.75, 3.05) is 42.1 Å². The number of methoxy groups -OCH3 is 5. The predicted octanol–water partition coefficient (Wildman–Crippen LogP) is -0.495. The lowest BCUT2D eigenvalue weighted by Crippen LogP contribution is -2.45. The summed E-state index contributed by atoms with van der Waals surface area (Å²) in [6, 6.07) is 0. The summed E-state index contributed by atoms with van der Waals surface area (Å²) in [6.07, 6.45) is -1.06. The molecule has 1 aliphatic rings. The third-order valence-electron chi connectivity index (χ3n) is 4.00. The molecule has 0 N–H and O–H groups in total. The Morgan fingerprint density at radius 2 is 1.47 bits per heavy atom. The molecule has 0 radical (unpaired) electrons. The molecule has 0 saturated heterocycles. The van der Waals surface area contributed by atoms with Gasteiger partial charge in [0.1, 0.15) is 6.10 Å². The summed E-state index contributed by atoms with van der Waals surface area (Å²) < 4.78 is 40.5. The van der Waals surface area contributed by atoms with E-state index in [1.54, 1.807) is 0 Å². The Balaban J connectivity index is 3.59. The molecule has 0 aromatic carbocycles. The number of rotatable bonds is 11. The molecule has 14 heteroatoms. The maximum absolute atomic E-state index is 12.6. The van der Waals surface area contributed by atoms with Crippen molar-refractivity contribution >= 4 is 31.2 Å². The van der Waals surface area contributed by atoms with Gasteiger partial charge in [-0.15, -0.1) is 0 Å². The summed E-state index contributed by atoms with van der Waals surface area (Å²) in [7, 11) is 4.39. The minimum atomic E-state index is -1.86. The van der Waals surface area contributed by atoms with Crippen LogP contribution in [-0.4, -0.2) is 90.6 Å². The van der Waals surface area contributed by atoms with Gasteiger partial charge in [-0.25, -0.2) is 9.59 Å². The van der Waals surface area contributed by atoms with Crippen molar-refractivity contribution in [1.82, 2.24) is 4.90 Å². The molecule has 1 unspecified atom stereocenters. The molecule has 0 aromatic rings. The number of hydrogen-bond acceptors (Lipinski definition) is 13. The summed E-state index contributed by atoms with van der Waals surface area (Å²) in [4.78, 5) is 49.2. The first kappa shape index (κ1) is 26.9. The first-order valence-corrected chi connectivity index (χ1v) is 9.11. The standard InChI is InChI=1S/C18H26BNO12/c1-10(21)30-19(31-11(2)22)32-15-12(17(23)28-6)8-20(9-13(25-3)26-4)14(16(15)27-5)18(24)29-7/h8,13,15H,9H2,1-7H3. The largest absolute Gasteiger partial charge is 0.792 e. The number of ether oxygens (including phenoxy) is 5. The van der Waals surface area contributed by atoms with Gasteiger partial charge in [0.2, 0.25) is 0 Å². The zero-order valence-electron chi connectivity index (χ0n) is 18.9. The molecular weight excluding hydrogens is 433 g/mol. The van der Waals surface area contributed by atoms with Crippen LogP contribution < -0.4 is 0 Å². The van der Waals surface area contributed by atoms with E-state index in [0.29, 0.717) is 0 Å². The quantitative estimate of drug-likeness (QED) is 0.223. The van der Waals surface area contributed by atoms with E-state index in [1.807, 2.05) is 0 Å². The van der Waals surface area contributed by atoms with Crippen molar-refractivity contribution in [1.29, 1.82) is 0 Å². The van der Waals surface area contributed by atoms with Gasteiger partial charge in [0, 0.05) is 34.3 Å². The van der Waals surface area contributed by atoms with Crippen LogP contribution in [0.25, 0.3) is 0 Å². The van der Waals surface area contributed by atoms with Crippen molar-refractivity contribution in [2.24, 2.45) is 0 Å². The van der Waals surface area contributed by atoms with Crippen LogP contribution in [-0.2, 0) is 56.8 Å². The lowest BCUT2D eigenvalue weighted by molar-refractivity contribution is -0.144. The Morgan fingerprint density at radius 3 is 1.88 bits per heavy atom. The summed E-state index contributed by atoms with van der Waals surface area (Å²) in [6.45, 7) is 2.05. The molecule has 1 atom stereocenters. The first-order chi connectivity index (χ1) is 15.1. The predicted molar refractivity (Wildman–Crippen MR) is 105 cm³/mol. The minimum absolute atomic E-state index is 0.0607. The average Bonchev–Trinajstić information content (AvgIpc) is 2.75. The van der Waals surface area contributed by atoms with E-state index < -0.39 is 43.6 Å². The summed E-state index contributed by atoms with van der Waals surface area (Å²) in [5.74, 6) is -3.60. The van der Waals surface area contributed by atoms with Crippen LogP contribution in [0, 0.1) is 0 Å². The molecule has 0 bridgehead atoms. The fourth-order valence-corrected chi connectivity index (χ4v) is 2.65. The molecule has 0 fully saturated rings. The zero-order chi connectivity index (χ0) is 24.4. The SMILES string of the molecule is COC(=O)C1=CN(CC(OC)OC)C(C(=O)OC)=C(OC)C1OB(OC(C)=O)OC(C)=O. The number of carbonyl (C=O) groups is 4. The maximum Gasteiger partial charge on any atom is 0.792 e. The van der Waals surface area contributed by atoms with E-state index >= 15 is 0 Å². The zero-order valence-corrected chi connectivity index (χ0v) is 18.9. The van der Waals surface area contributed by atoms with Gasteiger partial charge in [0.05, 0.1) is 33.4 Å². The molecule has 0 amide bonds. The Bertz CT molecular complexity index is 760. The van der Waals surface area contributed by atoms with E-state index in [2.05, 4.69) is 0 Å². The molecule has 0 aliphatic carbocycles. The van der Waals surface area contributed by atoms with Crippen LogP contribution in [0.15, 0.2) is 23.2 Å². The Morgan fingerprint density at radius 1 is 0.938 bits per heavy atom. The third kappa shape index (κ3) is 6.97. The van der Waals surface area contributed by atoms with E-state index in [-0.39, 0.29) is 23.6 Å². The van der Waals surface area contributed by atoms with Gasteiger partial charge in [0.15, 0.2) is 17.7 Å². The third-order valence-corrected chi connectivity index (χ3v) is 4.00. The van der Waals surface area contributed by atoms with Crippen LogP contribution in [0.4, 0.5) is 0 Å². The van der Waals surface area contributed by atoms with E-state index in [0.717, 1.165) is 28.1 Å². The minimum Gasteiger partial charge on any atom is -0.496 e. The van der Waals surface area contributed by atoms with Gasteiger partial charge in [-0.3, -0.25) is 9.59 Å².